The van der Waals surface area contributed by atoms with E-state index in [1.807, 2.05) is 23.7 Å². The molecular formula is C28H35N7O. The molecule has 8 heteroatoms. The molecule has 1 atom stereocenters. The average Bonchev–Trinajstić information content (AvgIpc) is 3.32. The first-order valence-electron chi connectivity index (χ1n) is 12.6. The van der Waals surface area contributed by atoms with E-state index in [4.69, 9.17) is 0 Å². The molecule has 0 aliphatic carbocycles. The predicted molar refractivity (Wildman–Crippen MR) is 144 cm³/mol. The van der Waals surface area contributed by atoms with Gasteiger partial charge in [-0.1, -0.05) is 24.3 Å². The summed E-state index contributed by atoms with van der Waals surface area (Å²) in [4.78, 5) is 21.4. The number of pyridine rings is 1. The molecule has 1 saturated heterocycles. The van der Waals surface area contributed by atoms with E-state index in [0.29, 0.717) is 11.4 Å². The Morgan fingerprint density at radius 1 is 0.917 bits per heavy atom. The molecule has 4 aromatic rings. The highest BCUT2D eigenvalue weighted by Gasteiger charge is 2.35. The number of H-pyrrole nitrogens is 1. The zero-order valence-corrected chi connectivity index (χ0v) is 22.0. The van der Waals surface area contributed by atoms with E-state index >= 15 is 0 Å². The molecule has 5 rings (SSSR count). The van der Waals surface area contributed by atoms with E-state index < -0.39 is 0 Å². The lowest BCUT2D eigenvalue weighted by Gasteiger charge is -2.40. The van der Waals surface area contributed by atoms with Crippen LogP contribution in [0.15, 0.2) is 47.3 Å². The van der Waals surface area contributed by atoms with Crippen LogP contribution in [0.4, 0.5) is 5.69 Å². The van der Waals surface area contributed by atoms with Gasteiger partial charge in [-0.05, 0) is 92.2 Å². The lowest BCUT2D eigenvalue weighted by atomic mass is 10.0. The fraction of sp³-hybridized carbons (Fsp3) is 0.429. The summed E-state index contributed by atoms with van der Waals surface area (Å²) in [5.74, 6) is 0.694. The molecule has 8 nitrogen and oxygen atoms in total. The minimum absolute atomic E-state index is 0.0986. The van der Waals surface area contributed by atoms with Crippen LogP contribution in [-0.2, 0) is 5.54 Å². The van der Waals surface area contributed by atoms with Crippen molar-refractivity contribution < 1.29 is 0 Å². The Morgan fingerprint density at radius 3 is 2.33 bits per heavy atom. The van der Waals surface area contributed by atoms with E-state index in [1.54, 1.807) is 0 Å². The van der Waals surface area contributed by atoms with Crippen molar-refractivity contribution in [2.24, 2.45) is 0 Å². The predicted octanol–water partition coefficient (Wildman–Crippen LogP) is 4.11. The second-order valence-electron chi connectivity index (χ2n) is 11.0. The van der Waals surface area contributed by atoms with Crippen molar-refractivity contribution in [3.8, 4) is 0 Å². The molecule has 0 unspecified atom stereocenters. The first-order valence-corrected chi connectivity index (χ1v) is 12.6. The fourth-order valence-electron chi connectivity index (χ4n) is 5.16. The number of rotatable bonds is 4. The van der Waals surface area contributed by atoms with Crippen molar-refractivity contribution in [2.45, 2.75) is 53.1 Å². The Morgan fingerprint density at radius 2 is 1.61 bits per heavy atom. The summed E-state index contributed by atoms with van der Waals surface area (Å²) < 4.78 is 1.85. The highest BCUT2D eigenvalue weighted by molar-refractivity contribution is 5.79. The van der Waals surface area contributed by atoms with Crippen LogP contribution in [0.1, 0.15) is 54.9 Å². The van der Waals surface area contributed by atoms with E-state index in [9.17, 15) is 4.79 Å². The van der Waals surface area contributed by atoms with Crippen molar-refractivity contribution in [2.75, 3.05) is 31.1 Å². The monoisotopic (exact) mass is 485 g/mol. The standard InChI is InChI=1S/C28H35N7O/c1-18-8-10-21-17-22(27(36)29-23(21)15-18)25(26-30-31-32-35(26)28(4,5)6)34-13-11-33(12-14-34)24-16-19(2)7-9-20(24)3/h7-10,15-17,25H,11-14H2,1-6H3,(H,29,36)/t25-/m1/s1. The van der Waals surface area contributed by atoms with Crippen LogP contribution in [0.5, 0.6) is 0 Å². The van der Waals surface area contributed by atoms with Crippen molar-refractivity contribution in [1.29, 1.82) is 0 Å². The largest absolute Gasteiger partial charge is 0.369 e. The highest BCUT2D eigenvalue weighted by Crippen LogP contribution is 2.31. The van der Waals surface area contributed by atoms with Crippen LogP contribution in [0, 0.1) is 20.8 Å². The highest BCUT2D eigenvalue weighted by atomic mass is 16.1. The Labute approximate surface area is 211 Å². The summed E-state index contributed by atoms with van der Waals surface area (Å²) in [5, 5.41) is 13.8. The number of aromatic amines is 1. The van der Waals surface area contributed by atoms with E-state index in [1.165, 1.54) is 16.8 Å². The van der Waals surface area contributed by atoms with Crippen LogP contribution < -0.4 is 10.5 Å². The lowest BCUT2D eigenvalue weighted by molar-refractivity contribution is 0.190. The van der Waals surface area contributed by atoms with Gasteiger partial charge in [0.15, 0.2) is 5.82 Å². The van der Waals surface area contributed by atoms with Gasteiger partial charge in [0.2, 0.25) is 0 Å². The number of tetrazole rings is 1. The Kier molecular flexibility index (Phi) is 6.16. The maximum atomic E-state index is 13.5. The third-order valence-electron chi connectivity index (χ3n) is 7.08. The van der Waals surface area contributed by atoms with Crippen LogP contribution in [0.2, 0.25) is 0 Å². The number of piperazine rings is 1. The van der Waals surface area contributed by atoms with Gasteiger partial charge in [0.1, 0.15) is 6.04 Å². The third-order valence-corrected chi connectivity index (χ3v) is 7.08. The first kappa shape index (κ1) is 24.2. The topological polar surface area (TPSA) is 82.9 Å². The molecule has 0 saturated carbocycles. The third kappa shape index (κ3) is 4.53. The number of hydrogen-bond acceptors (Lipinski definition) is 6. The SMILES string of the molecule is Cc1ccc(C)c(N2CCN([C@H](c3cc4ccc(C)cc4[nH]c3=O)c3nnnn3C(C)(C)C)CC2)c1. The van der Waals surface area contributed by atoms with Gasteiger partial charge in [0.05, 0.1) is 5.54 Å². The Bertz CT molecular complexity index is 1460. The molecule has 0 spiro atoms. The number of nitrogens with one attached hydrogen (secondary N) is 1. The summed E-state index contributed by atoms with van der Waals surface area (Å²) in [7, 11) is 0. The van der Waals surface area contributed by atoms with Crippen LogP contribution in [-0.4, -0.2) is 56.3 Å². The summed E-state index contributed by atoms with van der Waals surface area (Å²) in [6, 6.07) is 14.4. The number of benzene rings is 2. The fourth-order valence-corrected chi connectivity index (χ4v) is 5.16. The van der Waals surface area contributed by atoms with Crippen LogP contribution in [0.3, 0.4) is 0 Å². The van der Waals surface area contributed by atoms with Gasteiger partial charge in [-0.15, -0.1) is 5.10 Å². The quantitative estimate of drug-likeness (QED) is 0.469. The summed E-state index contributed by atoms with van der Waals surface area (Å²) in [6.45, 7) is 15.9. The zero-order valence-electron chi connectivity index (χ0n) is 22.0. The van der Waals surface area contributed by atoms with Crippen molar-refractivity contribution >= 4 is 16.6 Å². The smallest absolute Gasteiger partial charge is 0.253 e. The normalized spacial score (nSPS) is 16.0. The van der Waals surface area contributed by atoms with Crippen LogP contribution >= 0.6 is 0 Å². The molecule has 1 aliphatic heterocycles. The van der Waals surface area contributed by atoms with Gasteiger partial charge in [-0.3, -0.25) is 9.69 Å². The molecule has 1 aliphatic rings. The second-order valence-corrected chi connectivity index (χ2v) is 11.0. The molecule has 0 amide bonds. The van der Waals surface area contributed by atoms with Crippen molar-refractivity contribution in [1.82, 2.24) is 30.1 Å². The number of nitrogens with zero attached hydrogens (tertiary/aromatic N) is 6. The molecule has 2 aromatic carbocycles. The Hall–Kier alpha value is -3.52. The number of aromatic nitrogens is 5. The lowest BCUT2D eigenvalue weighted by Crippen LogP contribution is -2.49. The molecule has 1 N–H and O–H groups in total. The van der Waals surface area contributed by atoms with Gasteiger partial charge in [0.25, 0.3) is 5.56 Å². The molecule has 3 heterocycles. The molecule has 2 aromatic heterocycles. The molecule has 36 heavy (non-hydrogen) atoms. The first-order chi connectivity index (χ1) is 17.1. The number of aryl methyl sites for hydroxylation is 3. The molecule has 188 valence electrons. The van der Waals surface area contributed by atoms with Gasteiger partial charge in [-0.25, -0.2) is 4.68 Å². The minimum atomic E-state index is -0.352. The van der Waals surface area contributed by atoms with E-state index in [-0.39, 0.29) is 17.1 Å². The summed E-state index contributed by atoms with van der Waals surface area (Å²) in [5.41, 5.74) is 6.04. The summed E-state index contributed by atoms with van der Waals surface area (Å²) >= 11 is 0. The second kappa shape index (κ2) is 9.17. The molecular weight excluding hydrogens is 450 g/mol. The zero-order chi connectivity index (χ0) is 25.6. The van der Waals surface area contributed by atoms with Crippen molar-refractivity contribution in [3.63, 3.8) is 0 Å². The number of anilines is 1. The van der Waals surface area contributed by atoms with Gasteiger partial charge in [0, 0.05) is 42.9 Å². The van der Waals surface area contributed by atoms with Crippen molar-refractivity contribution in [3.05, 3.63) is 80.9 Å². The van der Waals surface area contributed by atoms with Gasteiger partial charge in [-0.2, -0.15) is 0 Å². The van der Waals surface area contributed by atoms with Gasteiger partial charge < -0.3 is 9.88 Å². The average molecular weight is 486 g/mol. The minimum Gasteiger partial charge on any atom is -0.369 e. The maximum Gasteiger partial charge on any atom is 0.253 e. The molecule has 1 fully saturated rings. The van der Waals surface area contributed by atoms with E-state index in [0.717, 1.165) is 42.6 Å². The molecule has 0 radical (unpaired) electrons. The maximum absolute atomic E-state index is 13.5. The number of hydrogen-bond donors (Lipinski definition) is 1. The van der Waals surface area contributed by atoms with E-state index in [2.05, 4.69) is 95.3 Å². The van der Waals surface area contributed by atoms with Gasteiger partial charge >= 0.3 is 0 Å². The molecule has 0 bridgehead atoms. The Balaban J connectivity index is 1.55. The summed E-state index contributed by atoms with van der Waals surface area (Å²) in [6.07, 6.45) is 0. The number of fused-ring (bicyclic) bond motifs is 1. The van der Waals surface area contributed by atoms with Crippen LogP contribution in [0.25, 0.3) is 10.9 Å².